The summed E-state index contributed by atoms with van der Waals surface area (Å²) in [6.07, 6.45) is 4.11. The zero-order valence-electron chi connectivity index (χ0n) is 20.7. The lowest BCUT2D eigenvalue weighted by atomic mass is 9.69. The van der Waals surface area contributed by atoms with Gasteiger partial charge in [-0.2, -0.15) is 5.21 Å². The maximum absolute atomic E-state index is 12.8. The molecule has 4 atom stereocenters. The van der Waals surface area contributed by atoms with Gasteiger partial charge >= 0.3 is 11.9 Å². The first-order valence-corrected chi connectivity index (χ1v) is 11.1. The SMILES string of the molecule is [2H]C1([2H])[C@H]2C[C@@H](CCc3nn[nH]n3)CC[C@H]2CN[C@]1([2H])C(=O)OCCCCCC(=O)OCC. The Morgan fingerprint density at radius 3 is 2.93 bits per heavy atom. The predicted octanol–water partition coefficient (Wildman–Crippen LogP) is 2.19. The average molecular weight is 425 g/mol. The number of rotatable bonds is 11. The molecule has 9 nitrogen and oxygen atoms in total. The Kier molecular flexibility index (Phi) is 7.47. The third-order valence-electron chi connectivity index (χ3n) is 5.91. The molecule has 9 heteroatoms. The Balaban J connectivity index is 1.49. The summed E-state index contributed by atoms with van der Waals surface area (Å²) in [6, 6.07) is -2.13. The standard InChI is InChI=1S/C21H35N5O4/c1-2-29-20(27)6-4-3-5-11-30-21(28)18-13-17-12-15(7-9-16(17)14-22-18)8-10-19-23-25-26-24-19/h15-18,22H,2-14H2,1H3,(H,23,24,25,26)/t15-,16+,17-,18+/m1/s1/i13D2,18D. The number of piperidine rings is 1. The molecule has 2 heterocycles. The number of fused-ring (bicyclic) bond motifs is 1. The van der Waals surface area contributed by atoms with E-state index in [4.69, 9.17) is 13.6 Å². The Hall–Kier alpha value is -2.03. The van der Waals surface area contributed by atoms with Crippen LogP contribution in [0.15, 0.2) is 0 Å². The summed E-state index contributed by atoms with van der Waals surface area (Å²) in [5.41, 5.74) is 0. The summed E-state index contributed by atoms with van der Waals surface area (Å²) in [5.74, 6) is -0.473. The van der Waals surface area contributed by atoms with Gasteiger partial charge in [-0.1, -0.05) is 11.6 Å². The van der Waals surface area contributed by atoms with Crippen molar-refractivity contribution in [2.45, 2.75) is 77.1 Å². The van der Waals surface area contributed by atoms with Gasteiger partial charge in [-0.3, -0.25) is 9.59 Å². The molecule has 2 N–H and O–H groups in total. The molecule has 1 aliphatic heterocycles. The number of aromatic amines is 1. The number of H-pyrrole nitrogens is 1. The lowest BCUT2D eigenvalue weighted by Crippen LogP contribution is -2.50. The molecule has 1 aromatic rings. The second-order valence-corrected chi connectivity index (χ2v) is 8.06. The van der Waals surface area contributed by atoms with Crippen LogP contribution in [0.1, 0.15) is 74.6 Å². The van der Waals surface area contributed by atoms with Crippen LogP contribution in [0.5, 0.6) is 0 Å². The monoisotopic (exact) mass is 424 g/mol. The molecule has 0 unspecified atom stereocenters. The molecule has 1 aliphatic carbocycles. The van der Waals surface area contributed by atoms with Crippen molar-refractivity contribution < 1.29 is 23.2 Å². The summed E-state index contributed by atoms with van der Waals surface area (Å²) in [6.45, 7) is 2.65. The molecule has 2 fully saturated rings. The quantitative estimate of drug-likeness (QED) is 0.410. The second-order valence-electron chi connectivity index (χ2n) is 8.06. The van der Waals surface area contributed by atoms with Crippen LogP contribution in [0.3, 0.4) is 0 Å². The fourth-order valence-corrected chi connectivity index (χ4v) is 4.24. The Morgan fingerprint density at radius 1 is 1.23 bits per heavy atom. The summed E-state index contributed by atoms with van der Waals surface area (Å²) >= 11 is 0. The van der Waals surface area contributed by atoms with Gasteiger partial charge in [-0.15, -0.1) is 10.2 Å². The lowest BCUT2D eigenvalue weighted by molar-refractivity contribution is -0.148. The minimum absolute atomic E-state index is 0.0931. The number of tetrazole rings is 1. The largest absolute Gasteiger partial charge is 0.466 e. The van der Waals surface area contributed by atoms with Crippen molar-refractivity contribution in [3.63, 3.8) is 0 Å². The first-order chi connectivity index (χ1) is 15.8. The van der Waals surface area contributed by atoms with Gasteiger partial charge in [-0.25, -0.2) is 0 Å². The number of nitrogens with zero attached hydrogens (tertiary/aromatic N) is 3. The van der Waals surface area contributed by atoms with E-state index in [1.807, 2.05) is 0 Å². The third-order valence-corrected chi connectivity index (χ3v) is 5.91. The van der Waals surface area contributed by atoms with Gasteiger partial charge in [0, 0.05) is 15.6 Å². The summed E-state index contributed by atoms with van der Waals surface area (Å²) in [4.78, 5) is 24.1. The van der Waals surface area contributed by atoms with Crippen LogP contribution in [0.2, 0.25) is 0 Å². The fraction of sp³-hybridized carbons (Fsp3) is 0.857. The number of nitrogens with one attached hydrogen (secondary N) is 2. The van der Waals surface area contributed by atoms with Gasteiger partial charge in [0.15, 0.2) is 5.82 Å². The number of aromatic nitrogens is 4. The third kappa shape index (κ3) is 7.04. The number of carbonyl (C=O) groups is 2. The zero-order chi connectivity index (χ0) is 23.9. The van der Waals surface area contributed by atoms with E-state index in [1.54, 1.807) is 6.92 Å². The number of hydrogen-bond donors (Lipinski definition) is 2. The van der Waals surface area contributed by atoms with Crippen LogP contribution in [0.4, 0.5) is 0 Å². The highest BCUT2D eigenvalue weighted by Gasteiger charge is 2.38. The van der Waals surface area contributed by atoms with E-state index in [0.29, 0.717) is 57.5 Å². The molecule has 3 rings (SSSR count). The van der Waals surface area contributed by atoms with Gasteiger partial charge in [-0.05, 0) is 76.1 Å². The molecule has 168 valence electrons. The first-order valence-electron chi connectivity index (χ1n) is 12.6. The minimum atomic E-state index is -2.13. The van der Waals surface area contributed by atoms with Crippen LogP contribution in [-0.2, 0) is 25.5 Å². The molecule has 1 aromatic heterocycles. The Labute approximate surface area is 182 Å². The average Bonchev–Trinajstić information content (AvgIpc) is 3.31. The van der Waals surface area contributed by atoms with Crippen molar-refractivity contribution in [1.29, 1.82) is 0 Å². The van der Waals surface area contributed by atoms with Crippen molar-refractivity contribution in [3.05, 3.63) is 5.82 Å². The number of aryl methyl sites for hydroxylation is 1. The molecule has 0 spiro atoms. The van der Waals surface area contributed by atoms with Crippen LogP contribution in [0.25, 0.3) is 0 Å². The van der Waals surface area contributed by atoms with Crippen LogP contribution >= 0.6 is 0 Å². The van der Waals surface area contributed by atoms with E-state index in [9.17, 15) is 9.59 Å². The number of hydrogen-bond acceptors (Lipinski definition) is 8. The van der Waals surface area contributed by atoms with Crippen molar-refractivity contribution in [2.75, 3.05) is 19.8 Å². The maximum Gasteiger partial charge on any atom is 0.323 e. The molecule has 1 saturated carbocycles. The zero-order valence-corrected chi connectivity index (χ0v) is 17.7. The van der Waals surface area contributed by atoms with Gasteiger partial charge in [0.1, 0.15) is 6.02 Å². The highest BCUT2D eigenvalue weighted by Crippen LogP contribution is 2.40. The van der Waals surface area contributed by atoms with E-state index in [1.165, 1.54) is 0 Å². The molecule has 1 saturated heterocycles. The second kappa shape index (κ2) is 12.0. The van der Waals surface area contributed by atoms with Crippen molar-refractivity contribution in [1.82, 2.24) is 25.9 Å². The molecular formula is C21H35N5O4. The smallest absolute Gasteiger partial charge is 0.323 e. The molecule has 30 heavy (non-hydrogen) atoms. The highest BCUT2D eigenvalue weighted by atomic mass is 16.5. The molecule has 0 aromatic carbocycles. The first kappa shape index (κ1) is 18.7. The molecule has 0 amide bonds. The molecule has 0 bridgehead atoms. The van der Waals surface area contributed by atoms with E-state index < -0.39 is 24.3 Å². The molecular weight excluding hydrogens is 386 g/mol. The Bertz CT molecular complexity index is 782. The normalized spacial score (nSPS) is 31.6. The van der Waals surface area contributed by atoms with E-state index in [-0.39, 0.29) is 24.4 Å². The van der Waals surface area contributed by atoms with Crippen molar-refractivity contribution >= 4 is 11.9 Å². The van der Waals surface area contributed by atoms with E-state index >= 15 is 0 Å². The van der Waals surface area contributed by atoms with E-state index in [2.05, 4.69) is 25.9 Å². The Morgan fingerprint density at radius 2 is 2.13 bits per heavy atom. The fourth-order valence-electron chi connectivity index (χ4n) is 4.24. The summed E-state index contributed by atoms with van der Waals surface area (Å²) in [7, 11) is 0. The molecule has 2 aliphatic rings. The van der Waals surface area contributed by atoms with E-state index in [0.717, 1.165) is 19.3 Å². The number of carbonyl (C=O) groups excluding carboxylic acids is 2. The highest BCUT2D eigenvalue weighted by molar-refractivity contribution is 5.76. The van der Waals surface area contributed by atoms with Gasteiger partial charge < -0.3 is 14.8 Å². The van der Waals surface area contributed by atoms with Crippen molar-refractivity contribution in [2.24, 2.45) is 17.8 Å². The van der Waals surface area contributed by atoms with Gasteiger partial charge in [0.25, 0.3) is 0 Å². The van der Waals surface area contributed by atoms with Crippen LogP contribution < -0.4 is 5.32 Å². The van der Waals surface area contributed by atoms with Crippen molar-refractivity contribution in [3.8, 4) is 0 Å². The number of esters is 2. The lowest BCUT2D eigenvalue weighted by Gasteiger charge is -2.42. The summed E-state index contributed by atoms with van der Waals surface area (Å²) < 4.78 is 36.4. The minimum Gasteiger partial charge on any atom is -0.466 e. The topological polar surface area (TPSA) is 119 Å². The van der Waals surface area contributed by atoms with Gasteiger partial charge in [0.05, 0.1) is 14.6 Å². The van der Waals surface area contributed by atoms with Gasteiger partial charge in [0.2, 0.25) is 0 Å². The number of ether oxygens (including phenoxy) is 2. The van der Waals surface area contributed by atoms with Crippen LogP contribution in [-0.4, -0.2) is 58.3 Å². The predicted molar refractivity (Wildman–Crippen MR) is 109 cm³/mol. The maximum atomic E-state index is 12.8. The molecule has 0 radical (unpaired) electrons. The van der Waals surface area contributed by atoms with Crippen LogP contribution in [0, 0.1) is 17.8 Å². The number of unbranched alkanes of at least 4 members (excludes halogenated alkanes) is 2. The summed E-state index contributed by atoms with van der Waals surface area (Å²) in [5, 5.41) is 16.8.